The molecule has 78 valence electrons. The van der Waals surface area contributed by atoms with Crippen molar-refractivity contribution in [2.45, 2.75) is 64.9 Å². The van der Waals surface area contributed by atoms with Gasteiger partial charge in [-0.05, 0) is 19.8 Å². The second-order valence-electron chi connectivity index (χ2n) is 3.66. The number of unbranched alkanes of at least 4 members (excludes halogenated alkanes) is 4. The largest absolute Gasteiger partial charge is 0.393 e. The first-order chi connectivity index (χ1) is 6.31. The Morgan fingerprint density at radius 2 is 1.85 bits per heavy atom. The van der Waals surface area contributed by atoms with Gasteiger partial charge in [0, 0.05) is 0 Å². The van der Waals surface area contributed by atoms with Crippen LogP contribution >= 0.6 is 0 Å². The van der Waals surface area contributed by atoms with E-state index in [1.54, 1.807) is 0 Å². The van der Waals surface area contributed by atoms with E-state index in [9.17, 15) is 5.11 Å². The smallest absolute Gasteiger partial charge is 0.0574 e. The molecule has 0 aliphatic rings. The summed E-state index contributed by atoms with van der Waals surface area (Å²) in [6, 6.07) is 0. The van der Waals surface area contributed by atoms with Crippen molar-refractivity contribution >= 4 is 0 Å². The molecule has 0 saturated carbocycles. The average molecular weight is 184 g/mol. The molecule has 0 spiro atoms. The summed E-state index contributed by atoms with van der Waals surface area (Å²) < 4.78 is 0. The molecule has 1 N–H and O–H groups in total. The Bertz CT molecular complexity index is 118. The van der Waals surface area contributed by atoms with E-state index in [1.165, 1.54) is 32.1 Å². The minimum absolute atomic E-state index is 0.113. The van der Waals surface area contributed by atoms with Gasteiger partial charge < -0.3 is 5.11 Å². The summed E-state index contributed by atoms with van der Waals surface area (Å²) >= 11 is 0. The van der Waals surface area contributed by atoms with Gasteiger partial charge in [-0.2, -0.15) is 0 Å². The molecular weight excluding hydrogens is 160 g/mol. The molecule has 1 heteroatoms. The molecule has 0 radical (unpaired) electrons. The van der Waals surface area contributed by atoms with Crippen LogP contribution in [0.2, 0.25) is 0 Å². The lowest BCUT2D eigenvalue weighted by Gasteiger charge is -2.06. The van der Waals surface area contributed by atoms with Crippen molar-refractivity contribution in [2.24, 2.45) is 0 Å². The number of allylic oxidation sites excluding steroid dienone is 1. The van der Waals surface area contributed by atoms with Crippen molar-refractivity contribution in [1.29, 1.82) is 0 Å². The van der Waals surface area contributed by atoms with E-state index in [2.05, 4.69) is 6.92 Å². The minimum Gasteiger partial charge on any atom is -0.393 e. The third-order valence-electron chi connectivity index (χ3n) is 2.28. The first kappa shape index (κ1) is 12.7. The Kier molecular flexibility index (Phi) is 9.56. The molecule has 13 heavy (non-hydrogen) atoms. The highest BCUT2D eigenvalue weighted by Crippen LogP contribution is 2.09. The molecule has 0 aromatic rings. The van der Waals surface area contributed by atoms with Crippen LogP contribution in [0.5, 0.6) is 0 Å². The predicted octanol–water partition coefficient (Wildman–Crippen LogP) is 3.67. The lowest BCUT2D eigenvalue weighted by atomic mass is 10.1. The zero-order valence-electron chi connectivity index (χ0n) is 9.13. The van der Waals surface area contributed by atoms with Crippen molar-refractivity contribution in [1.82, 2.24) is 0 Å². The Balaban J connectivity index is 3.12. The summed E-state index contributed by atoms with van der Waals surface area (Å²) in [7, 11) is 0. The molecule has 1 nitrogen and oxygen atoms in total. The molecule has 0 fully saturated rings. The third kappa shape index (κ3) is 9.62. The maximum atomic E-state index is 9.49. The molecule has 1 unspecified atom stereocenters. The molecular formula is C12H24O. The molecule has 0 heterocycles. The van der Waals surface area contributed by atoms with Crippen molar-refractivity contribution in [2.75, 3.05) is 0 Å². The van der Waals surface area contributed by atoms with Crippen LogP contribution < -0.4 is 0 Å². The van der Waals surface area contributed by atoms with Gasteiger partial charge in [-0.15, -0.1) is 0 Å². The molecule has 0 aromatic carbocycles. The van der Waals surface area contributed by atoms with Gasteiger partial charge >= 0.3 is 0 Å². The van der Waals surface area contributed by atoms with Gasteiger partial charge in [0.25, 0.3) is 0 Å². The highest BCUT2D eigenvalue weighted by molar-refractivity contribution is 4.79. The summed E-state index contributed by atoms with van der Waals surface area (Å²) in [6.45, 7) is 4.22. The number of aliphatic hydroxyl groups is 1. The van der Waals surface area contributed by atoms with E-state index in [4.69, 9.17) is 0 Å². The normalized spacial score (nSPS) is 13.8. The van der Waals surface area contributed by atoms with E-state index in [0.717, 1.165) is 12.8 Å². The predicted molar refractivity (Wildman–Crippen MR) is 58.8 cm³/mol. The van der Waals surface area contributed by atoms with E-state index in [-0.39, 0.29) is 6.10 Å². The van der Waals surface area contributed by atoms with Crippen LogP contribution in [0.1, 0.15) is 58.8 Å². The Morgan fingerprint density at radius 1 is 1.15 bits per heavy atom. The molecule has 0 aliphatic heterocycles. The summed E-state index contributed by atoms with van der Waals surface area (Å²) in [4.78, 5) is 0. The van der Waals surface area contributed by atoms with Crippen LogP contribution in [0, 0.1) is 0 Å². The molecule has 0 amide bonds. The van der Waals surface area contributed by atoms with Crippen molar-refractivity contribution in [3.63, 3.8) is 0 Å². The SMILES string of the molecule is C/C=C/CC(O)CCCCCCC. The van der Waals surface area contributed by atoms with Gasteiger partial charge in [-0.3, -0.25) is 0 Å². The first-order valence-electron chi connectivity index (χ1n) is 5.60. The minimum atomic E-state index is -0.113. The molecule has 0 rings (SSSR count). The number of hydrogen-bond acceptors (Lipinski definition) is 1. The highest BCUT2D eigenvalue weighted by atomic mass is 16.3. The number of rotatable bonds is 8. The second kappa shape index (κ2) is 9.79. The Labute approximate surface area is 82.9 Å². The summed E-state index contributed by atoms with van der Waals surface area (Å²) in [5.74, 6) is 0. The van der Waals surface area contributed by atoms with Gasteiger partial charge in [0.15, 0.2) is 0 Å². The van der Waals surface area contributed by atoms with Crippen LogP contribution in [-0.2, 0) is 0 Å². The maximum absolute atomic E-state index is 9.49. The number of aliphatic hydroxyl groups excluding tert-OH is 1. The summed E-state index contributed by atoms with van der Waals surface area (Å²) in [6.07, 6.45) is 12.1. The van der Waals surface area contributed by atoms with Crippen LogP contribution in [0.3, 0.4) is 0 Å². The van der Waals surface area contributed by atoms with Gasteiger partial charge in [0.1, 0.15) is 0 Å². The first-order valence-corrected chi connectivity index (χ1v) is 5.60. The maximum Gasteiger partial charge on any atom is 0.0574 e. The fourth-order valence-corrected chi connectivity index (χ4v) is 1.39. The topological polar surface area (TPSA) is 20.2 Å². The van der Waals surface area contributed by atoms with E-state index in [1.807, 2.05) is 19.1 Å². The molecule has 0 aliphatic carbocycles. The molecule has 0 aromatic heterocycles. The van der Waals surface area contributed by atoms with Gasteiger partial charge in [0.05, 0.1) is 6.10 Å². The van der Waals surface area contributed by atoms with Crippen molar-refractivity contribution in [3.05, 3.63) is 12.2 Å². The van der Waals surface area contributed by atoms with Crippen molar-refractivity contribution in [3.8, 4) is 0 Å². The Morgan fingerprint density at radius 3 is 2.46 bits per heavy atom. The van der Waals surface area contributed by atoms with E-state index in [0.29, 0.717) is 0 Å². The third-order valence-corrected chi connectivity index (χ3v) is 2.28. The zero-order chi connectivity index (χ0) is 9.94. The van der Waals surface area contributed by atoms with Gasteiger partial charge in [0.2, 0.25) is 0 Å². The standard InChI is InChI=1S/C12H24O/c1-3-5-7-8-9-11-12(13)10-6-4-2/h4,6,12-13H,3,5,7-11H2,1-2H3/b6-4+. The van der Waals surface area contributed by atoms with Crippen LogP contribution in [0.15, 0.2) is 12.2 Å². The summed E-state index contributed by atoms with van der Waals surface area (Å²) in [5.41, 5.74) is 0. The van der Waals surface area contributed by atoms with Crippen LogP contribution in [0.4, 0.5) is 0 Å². The fourth-order valence-electron chi connectivity index (χ4n) is 1.39. The van der Waals surface area contributed by atoms with Crippen molar-refractivity contribution < 1.29 is 5.11 Å². The highest BCUT2D eigenvalue weighted by Gasteiger charge is 2.00. The van der Waals surface area contributed by atoms with E-state index >= 15 is 0 Å². The lowest BCUT2D eigenvalue weighted by Crippen LogP contribution is -2.04. The van der Waals surface area contributed by atoms with Crippen LogP contribution in [-0.4, -0.2) is 11.2 Å². The molecule has 1 atom stereocenters. The lowest BCUT2D eigenvalue weighted by molar-refractivity contribution is 0.163. The van der Waals surface area contributed by atoms with E-state index < -0.39 is 0 Å². The molecule has 0 bridgehead atoms. The molecule has 0 saturated heterocycles. The zero-order valence-corrected chi connectivity index (χ0v) is 9.13. The van der Waals surface area contributed by atoms with Gasteiger partial charge in [-0.1, -0.05) is 51.2 Å². The average Bonchev–Trinajstić information content (AvgIpc) is 2.14. The Hall–Kier alpha value is -0.300. The number of hydrogen-bond donors (Lipinski definition) is 1. The second-order valence-corrected chi connectivity index (χ2v) is 3.66. The quantitative estimate of drug-likeness (QED) is 0.451. The van der Waals surface area contributed by atoms with Gasteiger partial charge in [-0.25, -0.2) is 0 Å². The summed E-state index contributed by atoms with van der Waals surface area (Å²) in [5, 5.41) is 9.49. The van der Waals surface area contributed by atoms with Crippen LogP contribution in [0.25, 0.3) is 0 Å². The monoisotopic (exact) mass is 184 g/mol. The fraction of sp³-hybridized carbons (Fsp3) is 0.833.